The van der Waals surface area contributed by atoms with Crippen molar-refractivity contribution >= 4 is 29.5 Å². The quantitative estimate of drug-likeness (QED) is 0.415. The van der Waals surface area contributed by atoms with E-state index in [1.54, 1.807) is 25.5 Å². The van der Waals surface area contributed by atoms with Gasteiger partial charge in [-0.1, -0.05) is 38.1 Å². The van der Waals surface area contributed by atoms with Crippen LogP contribution in [0.15, 0.2) is 71.9 Å². The number of rotatable bonds is 9. The maximum absolute atomic E-state index is 8.91. The standard InChI is InChI=1S/C26H26N4O2/c1-19(2)18-32-26-21(8-6-12-24(26)31-3)9-7-15-28-22-10-4-5-11-23(22)30-25-14-13-20(16-27)17-29-25/h4-15,17,19H,18H2,1-3H3,(H,29,30)/b9-7+,28-15?. The second-order valence-corrected chi connectivity index (χ2v) is 7.41. The number of nitrogens with zero attached hydrogens (tertiary/aromatic N) is 3. The van der Waals surface area contributed by atoms with E-state index in [1.807, 2.05) is 54.6 Å². The lowest BCUT2D eigenvalue weighted by atomic mass is 10.1. The molecule has 2 aromatic carbocycles. The fraction of sp³-hybridized carbons (Fsp3) is 0.192. The summed E-state index contributed by atoms with van der Waals surface area (Å²) in [5.41, 5.74) is 3.02. The van der Waals surface area contributed by atoms with Gasteiger partial charge in [0.05, 0.1) is 30.7 Å². The van der Waals surface area contributed by atoms with E-state index in [4.69, 9.17) is 14.7 Å². The molecule has 3 aromatic rings. The zero-order chi connectivity index (χ0) is 22.8. The first-order valence-corrected chi connectivity index (χ1v) is 10.3. The Morgan fingerprint density at radius 2 is 1.97 bits per heavy atom. The first kappa shape index (κ1) is 22.6. The first-order chi connectivity index (χ1) is 15.6. The van der Waals surface area contributed by atoms with Gasteiger partial charge in [-0.2, -0.15) is 5.26 Å². The minimum Gasteiger partial charge on any atom is -0.493 e. The fourth-order valence-electron chi connectivity index (χ4n) is 2.86. The summed E-state index contributed by atoms with van der Waals surface area (Å²) in [6.07, 6.45) is 7.08. The number of methoxy groups -OCH3 is 1. The summed E-state index contributed by atoms with van der Waals surface area (Å²) in [4.78, 5) is 8.82. The molecule has 1 heterocycles. The minimum atomic E-state index is 0.410. The van der Waals surface area contributed by atoms with Crippen molar-refractivity contribution in [3.8, 4) is 17.6 Å². The van der Waals surface area contributed by atoms with Gasteiger partial charge in [0.25, 0.3) is 0 Å². The molecule has 0 aliphatic carbocycles. The fourth-order valence-corrected chi connectivity index (χ4v) is 2.86. The van der Waals surface area contributed by atoms with Crippen LogP contribution in [0.25, 0.3) is 6.08 Å². The van der Waals surface area contributed by atoms with E-state index in [2.05, 4.69) is 35.2 Å². The number of nitriles is 1. The molecule has 1 aromatic heterocycles. The summed E-state index contributed by atoms with van der Waals surface area (Å²) in [6.45, 7) is 4.82. The van der Waals surface area contributed by atoms with E-state index >= 15 is 0 Å². The molecule has 162 valence electrons. The van der Waals surface area contributed by atoms with Crippen LogP contribution in [0.5, 0.6) is 11.5 Å². The van der Waals surface area contributed by atoms with Crippen molar-refractivity contribution in [2.24, 2.45) is 10.9 Å². The highest BCUT2D eigenvalue weighted by atomic mass is 16.5. The van der Waals surface area contributed by atoms with E-state index < -0.39 is 0 Å². The molecule has 0 spiro atoms. The molecule has 0 bridgehead atoms. The predicted octanol–water partition coefficient (Wildman–Crippen LogP) is 6.16. The number of pyridine rings is 1. The first-order valence-electron chi connectivity index (χ1n) is 10.3. The molecule has 0 saturated heterocycles. The molecule has 32 heavy (non-hydrogen) atoms. The van der Waals surface area contributed by atoms with Crippen molar-refractivity contribution in [1.29, 1.82) is 5.26 Å². The summed E-state index contributed by atoms with van der Waals surface area (Å²) in [5.74, 6) is 2.48. The van der Waals surface area contributed by atoms with Crippen molar-refractivity contribution in [3.63, 3.8) is 0 Å². The third kappa shape index (κ3) is 6.19. The number of allylic oxidation sites excluding steroid dienone is 1. The molecule has 3 rings (SSSR count). The number of hydrogen-bond acceptors (Lipinski definition) is 6. The Bertz CT molecular complexity index is 1130. The summed E-state index contributed by atoms with van der Waals surface area (Å²) < 4.78 is 11.4. The average molecular weight is 427 g/mol. The van der Waals surface area contributed by atoms with E-state index in [-0.39, 0.29) is 0 Å². The monoisotopic (exact) mass is 426 g/mol. The van der Waals surface area contributed by atoms with Crippen LogP contribution in [-0.2, 0) is 0 Å². The minimum absolute atomic E-state index is 0.410. The number of para-hydroxylation sites is 3. The molecule has 0 atom stereocenters. The van der Waals surface area contributed by atoms with Gasteiger partial charge in [-0.3, -0.25) is 4.99 Å². The number of ether oxygens (including phenoxy) is 2. The summed E-state index contributed by atoms with van der Waals surface area (Å²) >= 11 is 0. The van der Waals surface area contributed by atoms with E-state index in [0.717, 1.165) is 22.7 Å². The summed E-state index contributed by atoms with van der Waals surface area (Å²) in [5, 5.41) is 12.2. The van der Waals surface area contributed by atoms with Crippen LogP contribution < -0.4 is 14.8 Å². The van der Waals surface area contributed by atoms with Gasteiger partial charge in [0.1, 0.15) is 11.9 Å². The van der Waals surface area contributed by atoms with Gasteiger partial charge in [-0.25, -0.2) is 4.98 Å². The highest BCUT2D eigenvalue weighted by Crippen LogP contribution is 2.32. The molecule has 0 aliphatic heterocycles. The van der Waals surface area contributed by atoms with E-state index in [9.17, 15) is 0 Å². The molecule has 0 amide bonds. The van der Waals surface area contributed by atoms with Crippen molar-refractivity contribution < 1.29 is 9.47 Å². The maximum atomic E-state index is 8.91. The largest absolute Gasteiger partial charge is 0.493 e. The van der Waals surface area contributed by atoms with Crippen LogP contribution in [-0.4, -0.2) is 24.9 Å². The summed E-state index contributed by atoms with van der Waals surface area (Å²) in [6, 6.07) is 19.0. The zero-order valence-corrected chi connectivity index (χ0v) is 18.4. The van der Waals surface area contributed by atoms with Crippen molar-refractivity contribution in [2.75, 3.05) is 19.0 Å². The number of benzene rings is 2. The Hall–Kier alpha value is -4.11. The van der Waals surface area contributed by atoms with Crippen LogP contribution in [0.4, 0.5) is 17.2 Å². The topological polar surface area (TPSA) is 79.5 Å². The number of nitrogens with one attached hydrogen (secondary N) is 1. The molecule has 0 radical (unpaired) electrons. The highest BCUT2D eigenvalue weighted by Gasteiger charge is 2.09. The smallest absolute Gasteiger partial charge is 0.168 e. The molecule has 6 nitrogen and oxygen atoms in total. The molecular weight excluding hydrogens is 400 g/mol. The average Bonchev–Trinajstić information content (AvgIpc) is 2.82. The van der Waals surface area contributed by atoms with Crippen molar-refractivity contribution in [1.82, 2.24) is 4.98 Å². The lowest BCUT2D eigenvalue weighted by Gasteiger charge is -2.14. The number of aliphatic imine (C=N–C) groups is 1. The zero-order valence-electron chi connectivity index (χ0n) is 18.4. The second-order valence-electron chi connectivity index (χ2n) is 7.41. The van der Waals surface area contributed by atoms with Crippen LogP contribution in [0.1, 0.15) is 25.0 Å². The van der Waals surface area contributed by atoms with Crippen molar-refractivity contribution in [3.05, 3.63) is 78.0 Å². The number of aromatic nitrogens is 1. The van der Waals surface area contributed by atoms with Crippen molar-refractivity contribution in [2.45, 2.75) is 13.8 Å². The van der Waals surface area contributed by atoms with Crippen LogP contribution in [0.3, 0.4) is 0 Å². The Labute approximate surface area is 188 Å². The van der Waals surface area contributed by atoms with E-state index in [1.165, 1.54) is 6.20 Å². The van der Waals surface area contributed by atoms with Crippen LogP contribution in [0.2, 0.25) is 0 Å². The molecule has 0 saturated carbocycles. The Morgan fingerprint density at radius 1 is 1.12 bits per heavy atom. The Morgan fingerprint density at radius 3 is 2.69 bits per heavy atom. The SMILES string of the molecule is COc1cccc(/C=C/C=Nc2ccccc2Nc2ccc(C#N)cn2)c1OCC(C)C. The second kappa shape index (κ2) is 11.3. The third-order valence-electron chi connectivity index (χ3n) is 4.43. The Kier molecular flexibility index (Phi) is 7.99. The van der Waals surface area contributed by atoms with Crippen LogP contribution >= 0.6 is 0 Å². The van der Waals surface area contributed by atoms with Gasteiger partial charge in [0.15, 0.2) is 11.5 Å². The maximum Gasteiger partial charge on any atom is 0.168 e. The molecule has 0 unspecified atom stereocenters. The van der Waals surface area contributed by atoms with E-state index in [0.29, 0.717) is 29.7 Å². The molecule has 6 heteroatoms. The molecular formula is C26H26N4O2. The van der Waals surface area contributed by atoms with Gasteiger partial charge in [0, 0.05) is 18.0 Å². The van der Waals surface area contributed by atoms with Gasteiger partial charge in [-0.05, 0) is 48.4 Å². The van der Waals surface area contributed by atoms with Crippen LogP contribution in [0, 0.1) is 17.2 Å². The van der Waals surface area contributed by atoms with Gasteiger partial charge < -0.3 is 14.8 Å². The van der Waals surface area contributed by atoms with Gasteiger partial charge in [-0.15, -0.1) is 0 Å². The lowest BCUT2D eigenvalue weighted by molar-refractivity contribution is 0.256. The molecule has 0 fully saturated rings. The number of hydrogen-bond donors (Lipinski definition) is 1. The lowest BCUT2D eigenvalue weighted by Crippen LogP contribution is -2.06. The third-order valence-corrected chi connectivity index (χ3v) is 4.43. The van der Waals surface area contributed by atoms with Gasteiger partial charge >= 0.3 is 0 Å². The predicted molar refractivity (Wildman–Crippen MR) is 129 cm³/mol. The normalized spacial score (nSPS) is 11.1. The summed E-state index contributed by atoms with van der Waals surface area (Å²) in [7, 11) is 1.64. The molecule has 1 N–H and O–H groups in total. The van der Waals surface area contributed by atoms with Gasteiger partial charge in [0.2, 0.25) is 0 Å². The highest BCUT2D eigenvalue weighted by molar-refractivity contribution is 5.84. The Balaban J connectivity index is 1.76. The molecule has 0 aliphatic rings. The number of anilines is 2.